The molecule has 2 aromatic carbocycles. The first-order valence-corrected chi connectivity index (χ1v) is 8.83. The monoisotopic (exact) mass is 323 g/mol. The van der Waals surface area contributed by atoms with E-state index in [9.17, 15) is 5.11 Å². The van der Waals surface area contributed by atoms with Crippen molar-refractivity contribution in [2.24, 2.45) is 5.41 Å². The largest absolute Gasteiger partial charge is 0.391 e. The highest BCUT2D eigenvalue weighted by atomic mass is 16.5. The molecule has 1 saturated heterocycles. The van der Waals surface area contributed by atoms with Gasteiger partial charge >= 0.3 is 0 Å². The third-order valence-corrected chi connectivity index (χ3v) is 5.52. The molecule has 1 aliphatic heterocycles. The highest BCUT2D eigenvalue weighted by molar-refractivity contribution is 5.16. The smallest absolute Gasteiger partial charge is 0.0737 e. The fraction of sp³-hybridized carbons (Fsp3) is 0.429. The predicted octanol–water partition coefficient (Wildman–Crippen LogP) is 3.23. The first kappa shape index (κ1) is 15.8. The summed E-state index contributed by atoms with van der Waals surface area (Å²) in [4.78, 5) is 2.38. The fourth-order valence-electron chi connectivity index (χ4n) is 4.17. The Labute approximate surface area is 143 Å². The van der Waals surface area contributed by atoms with Crippen LogP contribution in [0.15, 0.2) is 60.7 Å². The third-order valence-electron chi connectivity index (χ3n) is 5.52. The van der Waals surface area contributed by atoms with Crippen LogP contribution in [0.5, 0.6) is 0 Å². The SMILES string of the molecule is OC1CN(Cc2ccccc2)CC12CC(OCc1ccccc1)C2. The van der Waals surface area contributed by atoms with Crippen LogP contribution in [0.1, 0.15) is 24.0 Å². The van der Waals surface area contributed by atoms with Gasteiger partial charge in [0.15, 0.2) is 0 Å². The Morgan fingerprint density at radius 3 is 2.25 bits per heavy atom. The highest BCUT2D eigenvalue weighted by Gasteiger charge is 2.54. The molecule has 1 saturated carbocycles. The standard InChI is InChI=1S/C21H25NO2/c23-20-14-22(13-17-7-3-1-4-8-17)16-21(20)11-19(12-21)24-15-18-9-5-2-6-10-18/h1-10,19-20,23H,11-16H2. The van der Waals surface area contributed by atoms with E-state index in [1.807, 2.05) is 24.3 Å². The Morgan fingerprint density at radius 2 is 1.58 bits per heavy atom. The van der Waals surface area contributed by atoms with Crippen molar-refractivity contribution in [1.82, 2.24) is 4.90 Å². The minimum atomic E-state index is -0.224. The van der Waals surface area contributed by atoms with Crippen LogP contribution < -0.4 is 0 Å². The molecule has 0 aromatic heterocycles. The Bertz CT molecular complexity index is 652. The summed E-state index contributed by atoms with van der Waals surface area (Å²) in [5, 5.41) is 10.6. The second-order valence-electron chi connectivity index (χ2n) is 7.36. The number of rotatable bonds is 5. The number of hydrogen-bond donors (Lipinski definition) is 1. The van der Waals surface area contributed by atoms with E-state index in [4.69, 9.17) is 4.74 Å². The molecule has 1 aliphatic carbocycles. The van der Waals surface area contributed by atoms with Crippen molar-refractivity contribution in [3.8, 4) is 0 Å². The Balaban J connectivity index is 1.28. The van der Waals surface area contributed by atoms with Gasteiger partial charge in [0.2, 0.25) is 0 Å². The molecule has 2 fully saturated rings. The van der Waals surface area contributed by atoms with Gasteiger partial charge in [0, 0.05) is 25.0 Å². The predicted molar refractivity (Wildman–Crippen MR) is 94.4 cm³/mol. The van der Waals surface area contributed by atoms with Crippen LogP contribution in [0.4, 0.5) is 0 Å². The summed E-state index contributed by atoms with van der Waals surface area (Å²) in [7, 11) is 0. The van der Waals surface area contributed by atoms with Crippen LogP contribution in [0.25, 0.3) is 0 Å². The number of aliphatic hydroxyl groups is 1. The number of β-amino-alcohol motifs (C(OH)–C–C–N with tert-alkyl or cyclic N) is 1. The molecule has 2 aliphatic rings. The quantitative estimate of drug-likeness (QED) is 0.917. The normalized spacial score (nSPS) is 29.7. The van der Waals surface area contributed by atoms with Gasteiger partial charge < -0.3 is 9.84 Å². The van der Waals surface area contributed by atoms with E-state index in [1.54, 1.807) is 0 Å². The summed E-state index contributed by atoms with van der Waals surface area (Å²) in [6.07, 6.45) is 2.02. The number of likely N-dealkylation sites (tertiary alicyclic amines) is 1. The Hall–Kier alpha value is -1.68. The van der Waals surface area contributed by atoms with E-state index < -0.39 is 0 Å². The molecule has 0 amide bonds. The molecule has 1 N–H and O–H groups in total. The molecule has 0 radical (unpaired) electrons. The molecule has 0 bridgehead atoms. The van der Waals surface area contributed by atoms with E-state index in [1.165, 1.54) is 11.1 Å². The molecule has 3 nitrogen and oxygen atoms in total. The average Bonchev–Trinajstić information content (AvgIpc) is 2.90. The molecule has 4 rings (SSSR count). The van der Waals surface area contributed by atoms with E-state index in [2.05, 4.69) is 41.3 Å². The lowest BCUT2D eigenvalue weighted by atomic mass is 9.65. The number of aliphatic hydroxyl groups excluding tert-OH is 1. The molecular weight excluding hydrogens is 298 g/mol. The Morgan fingerprint density at radius 1 is 0.958 bits per heavy atom. The molecule has 1 unspecified atom stereocenters. The zero-order chi connectivity index (χ0) is 16.4. The van der Waals surface area contributed by atoms with Crippen molar-refractivity contribution in [2.45, 2.75) is 38.2 Å². The van der Waals surface area contributed by atoms with Crippen LogP contribution in [-0.2, 0) is 17.9 Å². The summed E-state index contributed by atoms with van der Waals surface area (Å²) in [5.74, 6) is 0. The minimum Gasteiger partial charge on any atom is -0.391 e. The summed E-state index contributed by atoms with van der Waals surface area (Å²) in [5.41, 5.74) is 2.59. The van der Waals surface area contributed by atoms with E-state index in [0.717, 1.165) is 32.5 Å². The van der Waals surface area contributed by atoms with Crippen LogP contribution in [0.3, 0.4) is 0 Å². The van der Waals surface area contributed by atoms with Crippen molar-refractivity contribution in [3.63, 3.8) is 0 Å². The number of nitrogens with zero attached hydrogens (tertiary/aromatic N) is 1. The van der Waals surface area contributed by atoms with Crippen molar-refractivity contribution in [2.75, 3.05) is 13.1 Å². The van der Waals surface area contributed by atoms with Crippen LogP contribution in [0, 0.1) is 5.41 Å². The topological polar surface area (TPSA) is 32.7 Å². The number of benzene rings is 2. The van der Waals surface area contributed by atoms with Gasteiger partial charge in [-0.05, 0) is 24.0 Å². The molecule has 1 heterocycles. The van der Waals surface area contributed by atoms with Gasteiger partial charge in [-0.25, -0.2) is 0 Å². The lowest BCUT2D eigenvalue weighted by molar-refractivity contribution is -0.119. The molecule has 24 heavy (non-hydrogen) atoms. The number of ether oxygens (including phenoxy) is 1. The van der Waals surface area contributed by atoms with Crippen molar-refractivity contribution < 1.29 is 9.84 Å². The van der Waals surface area contributed by atoms with Crippen molar-refractivity contribution in [1.29, 1.82) is 0 Å². The molecule has 2 aromatic rings. The fourth-order valence-corrected chi connectivity index (χ4v) is 4.17. The lowest BCUT2D eigenvalue weighted by Crippen LogP contribution is -2.50. The molecule has 126 valence electrons. The summed E-state index contributed by atoms with van der Waals surface area (Å²) in [6.45, 7) is 3.36. The van der Waals surface area contributed by atoms with Gasteiger partial charge in [-0.1, -0.05) is 60.7 Å². The van der Waals surface area contributed by atoms with E-state index >= 15 is 0 Å². The summed E-state index contributed by atoms with van der Waals surface area (Å²) >= 11 is 0. The second kappa shape index (κ2) is 6.67. The van der Waals surface area contributed by atoms with Gasteiger partial charge in [-0.15, -0.1) is 0 Å². The van der Waals surface area contributed by atoms with Crippen LogP contribution in [0.2, 0.25) is 0 Å². The van der Waals surface area contributed by atoms with Crippen LogP contribution in [-0.4, -0.2) is 35.3 Å². The third kappa shape index (κ3) is 3.25. The van der Waals surface area contributed by atoms with Gasteiger partial charge in [0.1, 0.15) is 0 Å². The van der Waals surface area contributed by atoms with Crippen LogP contribution >= 0.6 is 0 Å². The lowest BCUT2D eigenvalue weighted by Gasteiger charge is -2.46. The molecular formula is C21H25NO2. The maximum Gasteiger partial charge on any atom is 0.0737 e. The molecule has 1 spiro atoms. The molecule has 3 heteroatoms. The first-order valence-electron chi connectivity index (χ1n) is 8.83. The maximum atomic E-state index is 10.6. The van der Waals surface area contributed by atoms with Crippen molar-refractivity contribution in [3.05, 3.63) is 71.8 Å². The Kier molecular flexibility index (Phi) is 4.40. The van der Waals surface area contributed by atoms with Gasteiger partial charge in [0.25, 0.3) is 0 Å². The average molecular weight is 323 g/mol. The minimum absolute atomic E-state index is 0.0517. The van der Waals surface area contributed by atoms with Gasteiger partial charge in [-0.2, -0.15) is 0 Å². The molecule has 1 atom stereocenters. The summed E-state index contributed by atoms with van der Waals surface area (Å²) in [6, 6.07) is 20.8. The second-order valence-corrected chi connectivity index (χ2v) is 7.36. The zero-order valence-corrected chi connectivity index (χ0v) is 14.0. The number of hydrogen-bond acceptors (Lipinski definition) is 3. The van der Waals surface area contributed by atoms with Gasteiger partial charge in [-0.3, -0.25) is 4.90 Å². The van der Waals surface area contributed by atoms with E-state index in [0.29, 0.717) is 6.61 Å². The highest BCUT2D eigenvalue weighted by Crippen LogP contribution is 2.50. The maximum absolute atomic E-state index is 10.6. The first-order chi connectivity index (χ1) is 11.7. The van der Waals surface area contributed by atoms with E-state index in [-0.39, 0.29) is 17.6 Å². The summed E-state index contributed by atoms with van der Waals surface area (Å²) < 4.78 is 6.02. The van der Waals surface area contributed by atoms with Gasteiger partial charge in [0.05, 0.1) is 18.8 Å². The van der Waals surface area contributed by atoms with Crippen molar-refractivity contribution >= 4 is 0 Å². The zero-order valence-electron chi connectivity index (χ0n) is 14.0.